The van der Waals surface area contributed by atoms with E-state index in [9.17, 15) is 0 Å². The third kappa shape index (κ3) is 3.35. The van der Waals surface area contributed by atoms with E-state index in [0.717, 1.165) is 6.61 Å². The molecule has 0 amide bonds. The highest BCUT2D eigenvalue weighted by molar-refractivity contribution is 8.00. The lowest BCUT2D eigenvalue weighted by molar-refractivity contribution is 0.0416. The largest absolute Gasteiger partial charge is 0.361 e. The Hall–Kier alpha value is 0.0500. The number of hydrogen-bond donors (Lipinski definition) is 0. The highest BCUT2D eigenvalue weighted by atomic mass is 32.2. The number of allylic oxidation sites excluding steroid dienone is 1. The van der Waals surface area contributed by atoms with E-state index in [0.29, 0.717) is 0 Å². The van der Waals surface area contributed by atoms with Gasteiger partial charge in [0.15, 0.2) is 0 Å². The molecule has 1 unspecified atom stereocenters. The monoisotopic (exact) mass is 200 g/mol. The molecule has 13 heavy (non-hydrogen) atoms. The van der Waals surface area contributed by atoms with Gasteiger partial charge in [0.25, 0.3) is 0 Å². The highest BCUT2D eigenvalue weighted by Crippen LogP contribution is 2.34. The SMILES string of the molecule is C/C=C/C1(SC)CCCCCCO1. The molecule has 1 saturated heterocycles. The average Bonchev–Trinajstić information content (AvgIpc) is 2.10. The molecule has 0 aromatic heterocycles. The van der Waals surface area contributed by atoms with Crippen molar-refractivity contribution in [1.82, 2.24) is 0 Å². The lowest BCUT2D eigenvalue weighted by Gasteiger charge is -2.31. The summed E-state index contributed by atoms with van der Waals surface area (Å²) in [5.74, 6) is 0. The van der Waals surface area contributed by atoms with Crippen LogP contribution in [0.25, 0.3) is 0 Å². The Kier molecular flexibility index (Phi) is 4.89. The van der Waals surface area contributed by atoms with Crippen molar-refractivity contribution >= 4 is 11.8 Å². The summed E-state index contributed by atoms with van der Waals surface area (Å²) >= 11 is 1.83. The van der Waals surface area contributed by atoms with Crippen LogP contribution >= 0.6 is 11.8 Å². The summed E-state index contributed by atoms with van der Waals surface area (Å²) in [7, 11) is 0. The number of ether oxygens (including phenoxy) is 1. The Morgan fingerprint density at radius 1 is 1.23 bits per heavy atom. The first kappa shape index (κ1) is 11.1. The predicted molar refractivity (Wildman–Crippen MR) is 60.1 cm³/mol. The van der Waals surface area contributed by atoms with Gasteiger partial charge >= 0.3 is 0 Å². The van der Waals surface area contributed by atoms with Crippen molar-refractivity contribution in [2.75, 3.05) is 12.9 Å². The zero-order valence-corrected chi connectivity index (χ0v) is 9.53. The maximum atomic E-state index is 5.94. The summed E-state index contributed by atoms with van der Waals surface area (Å²) in [6.45, 7) is 2.99. The fourth-order valence-corrected chi connectivity index (χ4v) is 2.58. The van der Waals surface area contributed by atoms with Crippen molar-refractivity contribution in [3.63, 3.8) is 0 Å². The Bertz CT molecular complexity index is 157. The Morgan fingerprint density at radius 2 is 2.00 bits per heavy atom. The van der Waals surface area contributed by atoms with Crippen LogP contribution in [0.3, 0.4) is 0 Å². The second-order valence-corrected chi connectivity index (χ2v) is 4.63. The van der Waals surface area contributed by atoms with Crippen molar-refractivity contribution in [2.45, 2.75) is 44.0 Å². The van der Waals surface area contributed by atoms with Gasteiger partial charge in [0.2, 0.25) is 0 Å². The second kappa shape index (κ2) is 5.71. The molecule has 1 fully saturated rings. The van der Waals surface area contributed by atoms with Crippen molar-refractivity contribution in [2.24, 2.45) is 0 Å². The molecule has 0 N–H and O–H groups in total. The molecule has 1 aliphatic rings. The van der Waals surface area contributed by atoms with Crippen LogP contribution in [0.15, 0.2) is 12.2 Å². The maximum Gasteiger partial charge on any atom is 0.132 e. The lowest BCUT2D eigenvalue weighted by atomic mass is 10.1. The zero-order valence-electron chi connectivity index (χ0n) is 8.71. The van der Waals surface area contributed by atoms with E-state index in [1.54, 1.807) is 0 Å². The first-order valence-electron chi connectivity index (χ1n) is 5.16. The van der Waals surface area contributed by atoms with Gasteiger partial charge in [-0.3, -0.25) is 0 Å². The van der Waals surface area contributed by atoms with E-state index in [2.05, 4.69) is 25.3 Å². The van der Waals surface area contributed by atoms with E-state index in [4.69, 9.17) is 4.74 Å². The lowest BCUT2D eigenvalue weighted by Crippen LogP contribution is -2.27. The van der Waals surface area contributed by atoms with Crippen molar-refractivity contribution in [3.8, 4) is 0 Å². The minimum Gasteiger partial charge on any atom is -0.361 e. The zero-order chi connectivity index (χ0) is 9.57. The third-order valence-electron chi connectivity index (χ3n) is 2.53. The normalized spacial score (nSPS) is 31.5. The maximum absolute atomic E-state index is 5.94. The van der Waals surface area contributed by atoms with Crippen molar-refractivity contribution in [3.05, 3.63) is 12.2 Å². The molecule has 1 nitrogen and oxygen atoms in total. The number of thioether (sulfide) groups is 1. The van der Waals surface area contributed by atoms with Gasteiger partial charge in [-0.25, -0.2) is 0 Å². The standard InChI is InChI=1S/C11H20OS/c1-3-8-11(13-2)9-6-4-5-7-10-12-11/h3,8H,4-7,9-10H2,1-2H3/b8-3+. The molecule has 2 heteroatoms. The van der Waals surface area contributed by atoms with Crippen LogP contribution in [0.2, 0.25) is 0 Å². The summed E-state index contributed by atoms with van der Waals surface area (Å²) in [4.78, 5) is -0.0187. The molecular formula is C11H20OS. The van der Waals surface area contributed by atoms with Crippen LogP contribution in [0.5, 0.6) is 0 Å². The molecule has 0 bridgehead atoms. The van der Waals surface area contributed by atoms with E-state index in [1.165, 1.54) is 32.1 Å². The number of rotatable bonds is 2. The molecule has 76 valence electrons. The third-order valence-corrected chi connectivity index (χ3v) is 3.68. The summed E-state index contributed by atoms with van der Waals surface area (Å²) in [6, 6.07) is 0. The summed E-state index contributed by atoms with van der Waals surface area (Å²) in [5.41, 5.74) is 0. The molecule has 0 radical (unpaired) electrons. The molecule has 0 aromatic rings. The molecule has 0 saturated carbocycles. The predicted octanol–water partition coefficient (Wildman–Crippen LogP) is 3.60. The van der Waals surface area contributed by atoms with Gasteiger partial charge in [0.1, 0.15) is 4.93 Å². The van der Waals surface area contributed by atoms with E-state index >= 15 is 0 Å². The Labute approximate surface area is 85.9 Å². The minimum atomic E-state index is -0.0187. The topological polar surface area (TPSA) is 9.23 Å². The quantitative estimate of drug-likeness (QED) is 0.630. The van der Waals surface area contributed by atoms with Gasteiger partial charge in [-0.2, -0.15) is 0 Å². The first-order chi connectivity index (χ1) is 6.33. The second-order valence-electron chi connectivity index (χ2n) is 3.53. The summed E-state index contributed by atoms with van der Waals surface area (Å²) in [5, 5.41) is 0. The molecule has 1 aliphatic heterocycles. The van der Waals surface area contributed by atoms with Crippen LogP contribution < -0.4 is 0 Å². The average molecular weight is 200 g/mol. The highest BCUT2D eigenvalue weighted by Gasteiger charge is 2.26. The van der Waals surface area contributed by atoms with Crippen molar-refractivity contribution in [1.29, 1.82) is 0 Å². The first-order valence-corrected chi connectivity index (χ1v) is 6.38. The van der Waals surface area contributed by atoms with E-state index in [1.807, 2.05) is 11.8 Å². The van der Waals surface area contributed by atoms with E-state index < -0.39 is 0 Å². The Morgan fingerprint density at radius 3 is 2.69 bits per heavy atom. The molecule has 0 spiro atoms. The van der Waals surface area contributed by atoms with E-state index in [-0.39, 0.29) is 4.93 Å². The minimum absolute atomic E-state index is 0.0187. The van der Waals surface area contributed by atoms with Crippen LogP contribution in [0.4, 0.5) is 0 Å². The van der Waals surface area contributed by atoms with Crippen LogP contribution in [-0.4, -0.2) is 17.8 Å². The van der Waals surface area contributed by atoms with Gasteiger partial charge in [0, 0.05) is 6.61 Å². The fraction of sp³-hybridized carbons (Fsp3) is 0.818. The van der Waals surface area contributed by atoms with Crippen LogP contribution in [0.1, 0.15) is 39.0 Å². The summed E-state index contributed by atoms with van der Waals surface area (Å²) in [6.07, 6.45) is 12.8. The molecule has 0 aromatic carbocycles. The van der Waals surface area contributed by atoms with Crippen LogP contribution in [-0.2, 0) is 4.74 Å². The molecule has 1 rings (SSSR count). The Balaban J connectivity index is 2.57. The van der Waals surface area contributed by atoms with Gasteiger partial charge in [-0.05, 0) is 38.5 Å². The molecule has 1 heterocycles. The van der Waals surface area contributed by atoms with Gasteiger partial charge in [-0.15, -0.1) is 11.8 Å². The molecule has 1 atom stereocenters. The fourth-order valence-electron chi connectivity index (χ4n) is 1.76. The molecule has 0 aliphatic carbocycles. The molecular weight excluding hydrogens is 180 g/mol. The van der Waals surface area contributed by atoms with Gasteiger partial charge < -0.3 is 4.74 Å². The number of hydrogen-bond acceptors (Lipinski definition) is 2. The van der Waals surface area contributed by atoms with Gasteiger partial charge in [-0.1, -0.05) is 18.9 Å². The summed E-state index contributed by atoms with van der Waals surface area (Å²) < 4.78 is 5.94. The smallest absolute Gasteiger partial charge is 0.132 e. The van der Waals surface area contributed by atoms with Crippen molar-refractivity contribution < 1.29 is 4.74 Å². The van der Waals surface area contributed by atoms with Crippen LogP contribution in [0, 0.1) is 0 Å². The van der Waals surface area contributed by atoms with Gasteiger partial charge in [0.05, 0.1) is 0 Å².